The SMILES string of the molecule is Cc1ccc(CN(C(=O)COc2ccccc2C)C2CCS(=O)(=O)C2)cc1. The maximum absolute atomic E-state index is 12.9. The number of para-hydroxylation sites is 1. The number of amides is 1. The predicted octanol–water partition coefficient (Wildman–Crippen LogP) is 2.90. The zero-order chi connectivity index (χ0) is 19.4. The fourth-order valence-electron chi connectivity index (χ4n) is 3.27. The van der Waals surface area contributed by atoms with Crippen LogP contribution in [0, 0.1) is 13.8 Å². The Hall–Kier alpha value is -2.34. The van der Waals surface area contributed by atoms with Crippen LogP contribution in [-0.4, -0.2) is 43.4 Å². The summed E-state index contributed by atoms with van der Waals surface area (Å²) in [4.78, 5) is 14.6. The Balaban J connectivity index is 1.75. The van der Waals surface area contributed by atoms with Gasteiger partial charge < -0.3 is 9.64 Å². The highest BCUT2D eigenvalue weighted by Crippen LogP contribution is 2.22. The largest absolute Gasteiger partial charge is 0.484 e. The fraction of sp³-hybridized carbons (Fsp3) is 0.381. The van der Waals surface area contributed by atoms with Gasteiger partial charge in [-0.15, -0.1) is 0 Å². The van der Waals surface area contributed by atoms with E-state index in [1.54, 1.807) is 4.90 Å². The monoisotopic (exact) mass is 387 g/mol. The molecule has 1 unspecified atom stereocenters. The Bertz CT molecular complexity index is 906. The van der Waals surface area contributed by atoms with Gasteiger partial charge in [0, 0.05) is 12.6 Å². The maximum atomic E-state index is 12.9. The van der Waals surface area contributed by atoms with Gasteiger partial charge >= 0.3 is 0 Å². The van der Waals surface area contributed by atoms with E-state index in [1.165, 1.54) is 0 Å². The minimum Gasteiger partial charge on any atom is -0.484 e. The average Bonchev–Trinajstić information content (AvgIpc) is 3.00. The number of hydrogen-bond acceptors (Lipinski definition) is 4. The van der Waals surface area contributed by atoms with E-state index in [0.717, 1.165) is 16.7 Å². The van der Waals surface area contributed by atoms with Crippen molar-refractivity contribution in [3.8, 4) is 5.75 Å². The van der Waals surface area contributed by atoms with Crippen molar-refractivity contribution >= 4 is 15.7 Å². The molecular formula is C21H25NO4S. The zero-order valence-corrected chi connectivity index (χ0v) is 16.5. The lowest BCUT2D eigenvalue weighted by Crippen LogP contribution is -2.43. The molecule has 1 aliphatic heterocycles. The van der Waals surface area contributed by atoms with Crippen LogP contribution in [0.5, 0.6) is 5.75 Å². The van der Waals surface area contributed by atoms with E-state index in [1.807, 2.05) is 62.4 Å². The fourth-order valence-corrected chi connectivity index (χ4v) is 5.00. The standard InChI is InChI=1S/C21H25NO4S/c1-16-7-9-18(10-8-16)13-22(19-11-12-27(24,25)15-19)21(23)14-26-20-6-4-3-5-17(20)2/h3-10,19H,11-15H2,1-2H3. The number of sulfone groups is 1. The number of hydrogen-bond donors (Lipinski definition) is 0. The van der Waals surface area contributed by atoms with Gasteiger partial charge in [-0.1, -0.05) is 48.0 Å². The van der Waals surface area contributed by atoms with Crippen LogP contribution in [0.3, 0.4) is 0 Å². The molecule has 144 valence electrons. The lowest BCUT2D eigenvalue weighted by atomic mass is 10.1. The van der Waals surface area contributed by atoms with Crippen molar-refractivity contribution in [3.63, 3.8) is 0 Å². The van der Waals surface area contributed by atoms with Gasteiger partial charge in [0.25, 0.3) is 5.91 Å². The summed E-state index contributed by atoms with van der Waals surface area (Å²) in [5, 5.41) is 0. The number of aryl methyl sites for hydroxylation is 2. The zero-order valence-electron chi connectivity index (χ0n) is 15.7. The molecule has 27 heavy (non-hydrogen) atoms. The van der Waals surface area contributed by atoms with E-state index < -0.39 is 9.84 Å². The maximum Gasteiger partial charge on any atom is 0.261 e. The summed E-state index contributed by atoms with van der Waals surface area (Å²) in [6, 6.07) is 15.2. The second-order valence-corrected chi connectivity index (χ2v) is 9.35. The van der Waals surface area contributed by atoms with E-state index in [2.05, 4.69) is 0 Å². The number of carbonyl (C=O) groups is 1. The van der Waals surface area contributed by atoms with E-state index in [9.17, 15) is 13.2 Å². The Morgan fingerprint density at radius 3 is 2.44 bits per heavy atom. The van der Waals surface area contributed by atoms with Gasteiger partial charge in [0.05, 0.1) is 11.5 Å². The molecule has 0 aliphatic carbocycles. The molecule has 6 heteroatoms. The van der Waals surface area contributed by atoms with Gasteiger partial charge in [-0.25, -0.2) is 8.42 Å². The minimum absolute atomic E-state index is 0.0228. The van der Waals surface area contributed by atoms with Gasteiger partial charge in [0.15, 0.2) is 16.4 Å². The molecule has 0 bridgehead atoms. The Labute approximate surface area is 160 Å². The molecule has 2 aromatic carbocycles. The summed E-state index contributed by atoms with van der Waals surface area (Å²) in [5.41, 5.74) is 3.08. The first-order chi connectivity index (χ1) is 12.8. The summed E-state index contributed by atoms with van der Waals surface area (Å²) in [7, 11) is -3.08. The number of nitrogens with zero attached hydrogens (tertiary/aromatic N) is 1. The second-order valence-electron chi connectivity index (χ2n) is 7.12. The molecule has 0 radical (unpaired) electrons. The van der Waals surface area contributed by atoms with Crippen LogP contribution in [0.1, 0.15) is 23.1 Å². The number of carbonyl (C=O) groups excluding carboxylic acids is 1. The van der Waals surface area contributed by atoms with E-state index in [-0.39, 0.29) is 30.1 Å². The smallest absolute Gasteiger partial charge is 0.261 e. The summed E-state index contributed by atoms with van der Waals surface area (Å²) in [6.45, 7) is 4.21. The predicted molar refractivity (Wildman–Crippen MR) is 105 cm³/mol. The molecule has 0 aromatic heterocycles. The number of rotatable bonds is 6. The van der Waals surface area contributed by atoms with Crippen molar-refractivity contribution < 1.29 is 17.9 Å². The molecule has 3 rings (SSSR count). The topological polar surface area (TPSA) is 63.7 Å². The highest BCUT2D eigenvalue weighted by molar-refractivity contribution is 7.91. The summed E-state index contributed by atoms with van der Waals surface area (Å²) in [5.74, 6) is 0.629. The van der Waals surface area contributed by atoms with Crippen molar-refractivity contribution in [2.75, 3.05) is 18.1 Å². The van der Waals surface area contributed by atoms with Crippen LogP contribution in [0.25, 0.3) is 0 Å². The molecule has 1 aliphatic rings. The lowest BCUT2D eigenvalue weighted by Gasteiger charge is -2.28. The van der Waals surface area contributed by atoms with Gasteiger partial charge in [0.2, 0.25) is 0 Å². The summed E-state index contributed by atoms with van der Waals surface area (Å²) < 4.78 is 29.5. The molecule has 0 spiro atoms. The summed E-state index contributed by atoms with van der Waals surface area (Å²) >= 11 is 0. The molecule has 1 heterocycles. The van der Waals surface area contributed by atoms with Crippen LogP contribution >= 0.6 is 0 Å². The van der Waals surface area contributed by atoms with E-state index in [4.69, 9.17) is 4.74 Å². The third-order valence-electron chi connectivity index (χ3n) is 4.89. The van der Waals surface area contributed by atoms with Gasteiger partial charge in [-0.2, -0.15) is 0 Å². The van der Waals surface area contributed by atoms with Crippen LogP contribution in [0.4, 0.5) is 0 Å². The summed E-state index contributed by atoms with van der Waals surface area (Å²) in [6.07, 6.45) is 0.476. The third kappa shape index (κ3) is 5.10. The van der Waals surface area contributed by atoms with Crippen molar-refractivity contribution in [2.24, 2.45) is 0 Å². The highest BCUT2D eigenvalue weighted by Gasteiger charge is 2.34. The van der Waals surface area contributed by atoms with Crippen molar-refractivity contribution in [2.45, 2.75) is 32.9 Å². The molecule has 1 amide bonds. The van der Waals surface area contributed by atoms with E-state index >= 15 is 0 Å². The molecule has 0 saturated carbocycles. The number of ether oxygens (including phenoxy) is 1. The van der Waals surface area contributed by atoms with Crippen LogP contribution in [-0.2, 0) is 21.2 Å². The second kappa shape index (κ2) is 8.13. The Kier molecular flexibility index (Phi) is 5.85. The third-order valence-corrected chi connectivity index (χ3v) is 6.64. The Morgan fingerprint density at radius 2 is 1.81 bits per heavy atom. The van der Waals surface area contributed by atoms with Crippen LogP contribution in [0.2, 0.25) is 0 Å². The average molecular weight is 388 g/mol. The van der Waals surface area contributed by atoms with Crippen molar-refractivity contribution in [1.82, 2.24) is 4.90 Å². The minimum atomic E-state index is -3.08. The van der Waals surface area contributed by atoms with Crippen LogP contribution in [0.15, 0.2) is 48.5 Å². The quantitative estimate of drug-likeness (QED) is 0.765. The van der Waals surface area contributed by atoms with Gasteiger partial charge in [0.1, 0.15) is 5.75 Å². The molecule has 1 atom stereocenters. The van der Waals surface area contributed by atoms with Gasteiger partial charge in [-0.3, -0.25) is 4.79 Å². The molecular weight excluding hydrogens is 362 g/mol. The lowest BCUT2D eigenvalue weighted by molar-refractivity contribution is -0.136. The van der Waals surface area contributed by atoms with Crippen molar-refractivity contribution in [1.29, 1.82) is 0 Å². The molecule has 1 saturated heterocycles. The van der Waals surface area contributed by atoms with E-state index in [0.29, 0.717) is 18.7 Å². The number of benzene rings is 2. The first-order valence-electron chi connectivity index (χ1n) is 9.08. The molecule has 1 fully saturated rings. The first-order valence-corrected chi connectivity index (χ1v) is 10.9. The first kappa shape index (κ1) is 19.4. The Morgan fingerprint density at radius 1 is 1.11 bits per heavy atom. The van der Waals surface area contributed by atoms with Crippen LogP contribution < -0.4 is 4.74 Å². The van der Waals surface area contributed by atoms with Gasteiger partial charge in [-0.05, 0) is 37.5 Å². The molecule has 0 N–H and O–H groups in total. The highest BCUT2D eigenvalue weighted by atomic mass is 32.2. The normalized spacial score (nSPS) is 18.2. The molecule has 2 aromatic rings. The molecule has 5 nitrogen and oxygen atoms in total. The van der Waals surface area contributed by atoms with Crippen molar-refractivity contribution in [3.05, 3.63) is 65.2 Å².